The zero-order chi connectivity index (χ0) is 13.1. The van der Waals surface area contributed by atoms with Gasteiger partial charge in [0.25, 0.3) is 0 Å². The molecule has 3 rings (SSSR count). The maximum atomic E-state index is 5.37. The second kappa shape index (κ2) is 5.12. The molecule has 96 valence electrons. The van der Waals surface area contributed by atoms with Gasteiger partial charge in [-0.3, -0.25) is 5.43 Å². The molecule has 8 heteroatoms. The van der Waals surface area contributed by atoms with Gasteiger partial charge in [0.05, 0.1) is 17.6 Å². The molecule has 7 nitrogen and oxygen atoms in total. The Balaban J connectivity index is 1.89. The molecule has 0 unspecified atom stereocenters. The average Bonchev–Trinajstić information content (AvgIpc) is 2.94. The van der Waals surface area contributed by atoms with Gasteiger partial charge in [0.15, 0.2) is 0 Å². The number of nitrogen functional groups attached to an aromatic ring is 1. The maximum absolute atomic E-state index is 5.37. The second-order valence-electron chi connectivity index (χ2n) is 3.75. The van der Waals surface area contributed by atoms with Gasteiger partial charge in [-0.05, 0) is 23.6 Å². The van der Waals surface area contributed by atoms with Crippen LogP contribution in [0.15, 0.2) is 29.8 Å². The van der Waals surface area contributed by atoms with Crippen LogP contribution in [0, 0.1) is 0 Å². The Morgan fingerprint density at radius 3 is 3.00 bits per heavy atom. The first-order valence-electron chi connectivity index (χ1n) is 5.59. The van der Waals surface area contributed by atoms with Crippen molar-refractivity contribution in [2.75, 3.05) is 10.7 Å². The van der Waals surface area contributed by atoms with Gasteiger partial charge in [-0.2, -0.15) is 15.2 Å². The fourth-order valence-electron chi connectivity index (χ4n) is 1.66. The Kier molecular flexibility index (Phi) is 3.17. The first-order chi connectivity index (χ1) is 9.36. The van der Waals surface area contributed by atoms with E-state index in [-0.39, 0.29) is 0 Å². The van der Waals surface area contributed by atoms with E-state index in [1.165, 1.54) is 11.3 Å². The molecule has 0 aromatic carbocycles. The lowest BCUT2D eigenvalue weighted by Gasteiger charge is -2.07. The van der Waals surface area contributed by atoms with Crippen LogP contribution in [-0.4, -0.2) is 20.2 Å². The first-order valence-corrected chi connectivity index (χ1v) is 6.47. The minimum atomic E-state index is 0.386. The lowest BCUT2D eigenvalue weighted by molar-refractivity contribution is 0.921. The van der Waals surface area contributed by atoms with E-state index < -0.39 is 0 Å². The van der Waals surface area contributed by atoms with Crippen molar-refractivity contribution in [1.29, 1.82) is 0 Å². The zero-order valence-corrected chi connectivity index (χ0v) is 10.7. The van der Waals surface area contributed by atoms with E-state index in [2.05, 4.69) is 30.9 Å². The summed E-state index contributed by atoms with van der Waals surface area (Å²) in [7, 11) is 0. The van der Waals surface area contributed by atoms with Gasteiger partial charge in [0, 0.05) is 6.20 Å². The van der Waals surface area contributed by atoms with Crippen LogP contribution in [0.5, 0.6) is 0 Å². The third-order valence-corrected chi connectivity index (χ3v) is 3.33. The minimum Gasteiger partial charge on any atom is -0.364 e. The number of nitrogens with one attached hydrogen (secondary N) is 2. The van der Waals surface area contributed by atoms with Gasteiger partial charge in [-0.1, -0.05) is 0 Å². The quantitative estimate of drug-likeness (QED) is 0.487. The number of hydrazine groups is 1. The minimum absolute atomic E-state index is 0.386. The maximum Gasteiger partial charge on any atom is 0.240 e. The van der Waals surface area contributed by atoms with Gasteiger partial charge in [0.1, 0.15) is 10.6 Å². The SMILES string of the molecule is NNc1nc(NCc2cccnn2)c2ccsc2n1. The third kappa shape index (κ3) is 2.44. The van der Waals surface area contributed by atoms with E-state index >= 15 is 0 Å². The number of aromatic nitrogens is 4. The Bertz CT molecular complexity index is 682. The van der Waals surface area contributed by atoms with Crippen LogP contribution in [0.2, 0.25) is 0 Å². The van der Waals surface area contributed by atoms with Crippen molar-refractivity contribution in [3.8, 4) is 0 Å². The molecule has 3 aromatic rings. The Labute approximate surface area is 112 Å². The standard InChI is InChI=1S/C11H11N7S/c12-17-11-15-9(8-3-5-19-10(8)16-11)13-6-7-2-1-4-14-18-7/h1-5H,6,12H2,(H2,13,15,16,17). The van der Waals surface area contributed by atoms with E-state index in [4.69, 9.17) is 5.84 Å². The van der Waals surface area contributed by atoms with Crippen molar-refractivity contribution >= 4 is 33.3 Å². The Hall–Kier alpha value is -2.32. The number of nitrogens with zero attached hydrogens (tertiary/aromatic N) is 4. The summed E-state index contributed by atoms with van der Waals surface area (Å²) in [5.74, 6) is 6.48. The van der Waals surface area contributed by atoms with Gasteiger partial charge in [-0.15, -0.1) is 11.3 Å². The molecule has 0 aliphatic carbocycles. The largest absolute Gasteiger partial charge is 0.364 e. The summed E-state index contributed by atoms with van der Waals surface area (Å²) >= 11 is 1.54. The highest BCUT2D eigenvalue weighted by Crippen LogP contribution is 2.26. The molecule has 0 atom stereocenters. The van der Waals surface area contributed by atoms with Crippen molar-refractivity contribution < 1.29 is 0 Å². The summed E-state index contributed by atoms with van der Waals surface area (Å²) < 4.78 is 0. The van der Waals surface area contributed by atoms with E-state index in [0.717, 1.165) is 21.7 Å². The van der Waals surface area contributed by atoms with E-state index in [1.807, 2.05) is 23.6 Å². The fraction of sp³-hybridized carbons (Fsp3) is 0.0909. The molecule has 3 aromatic heterocycles. The fourth-order valence-corrected chi connectivity index (χ4v) is 2.42. The number of thiophene rings is 1. The number of hydrogen-bond acceptors (Lipinski definition) is 8. The molecular formula is C11H11N7S. The molecular weight excluding hydrogens is 262 g/mol. The van der Waals surface area contributed by atoms with Crippen LogP contribution in [0.3, 0.4) is 0 Å². The molecule has 4 N–H and O–H groups in total. The molecule has 0 radical (unpaired) electrons. The molecule has 0 amide bonds. The molecule has 3 heterocycles. The van der Waals surface area contributed by atoms with Crippen LogP contribution < -0.4 is 16.6 Å². The molecule has 0 saturated heterocycles. The lowest BCUT2D eigenvalue weighted by Crippen LogP contribution is -2.12. The van der Waals surface area contributed by atoms with Crippen molar-refractivity contribution in [1.82, 2.24) is 20.2 Å². The van der Waals surface area contributed by atoms with Gasteiger partial charge >= 0.3 is 0 Å². The topological polar surface area (TPSA) is 102 Å². The molecule has 0 fully saturated rings. The van der Waals surface area contributed by atoms with Crippen molar-refractivity contribution in [2.45, 2.75) is 6.54 Å². The second-order valence-corrected chi connectivity index (χ2v) is 4.64. The molecule has 0 aliphatic rings. The third-order valence-electron chi connectivity index (χ3n) is 2.52. The summed E-state index contributed by atoms with van der Waals surface area (Å²) in [6.45, 7) is 0.541. The summed E-state index contributed by atoms with van der Waals surface area (Å²) in [5, 5.41) is 14.0. The van der Waals surface area contributed by atoms with Crippen LogP contribution in [0.1, 0.15) is 5.69 Å². The number of anilines is 2. The van der Waals surface area contributed by atoms with Crippen molar-refractivity contribution in [3.05, 3.63) is 35.5 Å². The van der Waals surface area contributed by atoms with E-state index in [0.29, 0.717) is 12.5 Å². The summed E-state index contributed by atoms with van der Waals surface area (Å²) in [6, 6.07) is 5.71. The highest BCUT2D eigenvalue weighted by Gasteiger charge is 2.08. The number of nitrogens with two attached hydrogens (primary N) is 1. The van der Waals surface area contributed by atoms with E-state index in [9.17, 15) is 0 Å². The predicted molar refractivity (Wildman–Crippen MR) is 74.6 cm³/mol. The van der Waals surface area contributed by atoms with Crippen molar-refractivity contribution in [3.63, 3.8) is 0 Å². The Morgan fingerprint density at radius 2 is 2.21 bits per heavy atom. The summed E-state index contributed by atoms with van der Waals surface area (Å²) in [5.41, 5.74) is 3.30. The summed E-state index contributed by atoms with van der Waals surface area (Å²) in [4.78, 5) is 9.46. The smallest absolute Gasteiger partial charge is 0.240 e. The molecule has 0 bridgehead atoms. The lowest BCUT2D eigenvalue weighted by atomic mass is 10.3. The van der Waals surface area contributed by atoms with Crippen LogP contribution in [0.25, 0.3) is 10.2 Å². The molecule has 19 heavy (non-hydrogen) atoms. The normalized spacial score (nSPS) is 10.6. The zero-order valence-electron chi connectivity index (χ0n) is 9.87. The predicted octanol–water partition coefficient (Wildman–Crippen LogP) is 1.38. The molecule has 0 saturated carbocycles. The monoisotopic (exact) mass is 273 g/mol. The van der Waals surface area contributed by atoms with Crippen LogP contribution >= 0.6 is 11.3 Å². The van der Waals surface area contributed by atoms with E-state index in [1.54, 1.807) is 6.20 Å². The number of rotatable bonds is 4. The highest BCUT2D eigenvalue weighted by atomic mass is 32.1. The first kappa shape index (κ1) is 11.8. The number of hydrogen-bond donors (Lipinski definition) is 3. The molecule has 0 spiro atoms. The van der Waals surface area contributed by atoms with Crippen LogP contribution in [-0.2, 0) is 6.54 Å². The average molecular weight is 273 g/mol. The van der Waals surface area contributed by atoms with Gasteiger partial charge in [0.2, 0.25) is 5.95 Å². The van der Waals surface area contributed by atoms with Gasteiger partial charge < -0.3 is 5.32 Å². The van der Waals surface area contributed by atoms with Crippen molar-refractivity contribution in [2.24, 2.45) is 5.84 Å². The summed E-state index contributed by atoms with van der Waals surface area (Å²) in [6.07, 6.45) is 1.64. The molecule has 0 aliphatic heterocycles. The Morgan fingerprint density at radius 1 is 1.26 bits per heavy atom. The van der Waals surface area contributed by atoms with Gasteiger partial charge in [-0.25, -0.2) is 10.8 Å². The van der Waals surface area contributed by atoms with Crippen LogP contribution in [0.4, 0.5) is 11.8 Å². The highest BCUT2D eigenvalue weighted by molar-refractivity contribution is 7.16. The number of fused-ring (bicyclic) bond motifs is 1.